The van der Waals surface area contributed by atoms with Gasteiger partial charge < -0.3 is 0 Å². The minimum Gasteiger partial charge on any atom is -0.147 e. The van der Waals surface area contributed by atoms with Crippen molar-refractivity contribution in [1.82, 2.24) is 14.0 Å². The summed E-state index contributed by atoms with van der Waals surface area (Å²) in [5.74, 6) is 0. The van der Waals surface area contributed by atoms with Gasteiger partial charge in [0.15, 0.2) is 0 Å². The summed E-state index contributed by atoms with van der Waals surface area (Å²) >= 11 is -4.73. The van der Waals surface area contributed by atoms with Crippen LogP contribution in [0, 0.1) is 0 Å². The molecule has 0 atom stereocenters. The second-order valence-electron chi connectivity index (χ2n) is 6.90. The molecule has 9 heteroatoms. The molecule has 1 rings (SSSR count). The fourth-order valence-electron chi connectivity index (χ4n) is 3.46. The molecule has 1 heterocycles. The number of halogens is 2. The van der Waals surface area contributed by atoms with Crippen molar-refractivity contribution >= 4 is 37.1 Å². The Hall–Kier alpha value is 0.184. The van der Waals surface area contributed by atoms with Gasteiger partial charge in [-0.15, -0.1) is 24.8 Å². The van der Waals surface area contributed by atoms with Crippen molar-refractivity contribution in [2.45, 2.75) is 45.3 Å². The van der Waals surface area contributed by atoms with Crippen molar-refractivity contribution < 1.29 is 29.9 Å². The summed E-state index contributed by atoms with van der Waals surface area (Å²) in [4.78, 5) is 37.8. The molecule has 0 radical (unpaired) electrons. The SMILES string of the molecule is C[C](=O)[Ti]([CH3])([C](C)=O)([C](C)=O)[N]1CCCNCCCNCCC1.Cl.Cl. The Labute approximate surface area is 165 Å². The molecule has 1 aliphatic heterocycles. The molecule has 149 valence electrons. The third-order valence-corrected chi connectivity index (χ3v) is 16.9. The molecule has 1 saturated heterocycles. The molecule has 0 unspecified atom stereocenters. The van der Waals surface area contributed by atoms with Crippen molar-refractivity contribution in [2.24, 2.45) is 0 Å². The molecule has 0 spiro atoms. The minimum absolute atomic E-state index is 0. The predicted octanol–water partition coefficient (Wildman–Crippen LogP) is 1.79. The van der Waals surface area contributed by atoms with Gasteiger partial charge in [-0.05, 0) is 0 Å². The molecule has 0 aliphatic carbocycles. The maximum absolute atomic E-state index is 12.6. The standard InChI is InChI=1S/C9H20N3.3C2H3O.CH3.2ClH.Ti/c1-4-10-6-2-8-12-9-3-7-11-5-1;3*1-2-3;;;;/h10-11H,1-9H2;3*1H3;1H3;2*1H;/q-1;;;;;;;+1. The van der Waals surface area contributed by atoms with Crippen LogP contribution < -0.4 is 10.6 Å². The Kier molecular flexibility index (Phi) is 12.9. The van der Waals surface area contributed by atoms with Crippen molar-refractivity contribution in [3.05, 3.63) is 0 Å². The van der Waals surface area contributed by atoms with E-state index in [-0.39, 0.29) is 37.1 Å². The van der Waals surface area contributed by atoms with E-state index in [2.05, 4.69) is 10.6 Å². The zero-order valence-electron chi connectivity index (χ0n) is 15.9. The summed E-state index contributed by atoms with van der Waals surface area (Å²) in [5, 5.41) is 8.46. The first kappa shape index (κ1) is 27.4. The first-order valence-electron chi connectivity index (χ1n) is 8.63. The molecular weight excluding hydrogens is 401 g/mol. The molecule has 25 heavy (non-hydrogen) atoms. The maximum atomic E-state index is 12.6. The van der Waals surface area contributed by atoms with Gasteiger partial charge in [0.25, 0.3) is 0 Å². The molecule has 0 aromatic heterocycles. The largest absolute Gasteiger partial charge is 0.147 e. The van der Waals surface area contributed by atoms with Crippen LogP contribution in [0.2, 0.25) is 5.23 Å². The summed E-state index contributed by atoms with van der Waals surface area (Å²) in [6.45, 7) is 9.16. The molecule has 1 fully saturated rings. The number of nitrogens with one attached hydrogen (secondary N) is 2. The Bertz CT molecular complexity index is 427. The average Bonchev–Trinajstić information content (AvgIpc) is 2.46. The van der Waals surface area contributed by atoms with Gasteiger partial charge in [-0.1, -0.05) is 0 Å². The molecule has 1 aliphatic rings. The molecule has 0 amide bonds. The monoisotopic (exact) mass is 434 g/mol. The Balaban J connectivity index is 0. The van der Waals surface area contributed by atoms with Crippen molar-refractivity contribution in [3.63, 3.8) is 0 Å². The van der Waals surface area contributed by atoms with E-state index in [0.717, 1.165) is 45.4 Å². The van der Waals surface area contributed by atoms with Crippen LogP contribution in [0.25, 0.3) is 0 Å². The third kappa shape index (κ3) is 5.58. The van der Waals surface area contributed by atoms with Crippen LogP contribution in [0.1, 0.15) is 40.0 Å². The number of hydrogen-bond acceptors (Lipinski definition) is 6. The third-order valence-electron chi connectivity index (χ3n) is 5.65. The van der Waals surface area contributed by atoms with Gasteiger partial charge in [-0.2, -0.15) is 0 Å². The Morgan fingerprint density at radius 3 is 1.36 bits per heavy atom. The van der Waals surface area contributed by atoms with Crippen molar-refractivity contribution in [1.29, 1.82) is 0 Å². The molecule has 6 nitrogen and oxygen atoms in total. The van der Waals surface area contributed by atoms with Gasteiger partial charge in [0.05, 0.1) is 0 Å². The maximum Gasteiger partial charge on any atom is -0.147 e. The van der Waals surface area contributed by atoms with Crippen LogP contribution in [0.15, 0.2) is 0 Å². The molecule has 0 bridgehead atoms. The molecular formula is C16H34Cl2N3O3Ti. The topological polar surface area (TPSA) is 78.5 Å². The van der Waals surface area contributed by atoms with Crippen molar-refractivity contribution in [2.75, 3.05) is 39.3 Å². The summed E-state index contributed by atoms with van der Waals surface area (Å²) in [5.41, 5.74) is 0. The van der Waals surface area contributed by atoms with Crippen LogP contribution in [0.3, 0.4) is 0 Å². The first-order chi connectivity index (χ1) is 10.8. The van der Waals surface area contributed by atoms with Gasteiger partial charge in [-0.3, -0.25) is 0 Å². The number of carbonyl (C=O) groups excluding carboxylic acids is 3. The summed E-state index contributed by atoms with van der Waals surface area (Å²) in [6, 6.07) is 0. The zero-order chi connectivity index (χ0) is 17.5. The first-order valence-corrected chi connectivity index (χ1v) is 13.2. The molecule has 0 aromatic carbocycles. The van der Waals surface area contributed by atoms with Crippen molar-refractivity contribution in [3.8, 4) is 0 Å². The Morgan fingerprint density at radius 2 is 1.04 bits per heavy atom. The van der Waals surface area contributed by atoms with E-state index in [4.69, 9.17) is 0 Å². The van der Waals surface area contributed by atoms with E-state index < -0.39 is 15.6 Å². The van der Waals surface area contributed by atoms with Gasteiger partial charge in [0.1, 0.15) is 0 Å². The molecule has 0 aromatic rings. The Morgan fingerprint density at radius 1 is 0.720 bits per heavy atom. The average molecular weight is 435 g/mol. The van der Waals surface area contributed by atoms with Gasteiger partial charge >= 0.3 is 141 Å². The zero-order valence-corrected chi connectivity index (χ0v) is 19.0. The summed E-state index contributed by atoms with van der Waals surface area (Å²) in [7, 11) is 0. The van der Waals surface area contributed by atoms with Crippen LogP contribution >= 0.6 is 24.8 Å². The molecule has 0 saturated carbocycles. The van der Waals surface area contributed by atoms with E-state index >= 15 is 0 Å². The van der Waals surface area contributed by atoms with Gasteiger partial charge in [-0.25, -0.2) is 0 Å². The van der Waals surface area contributed by atoms with E-state index in [9.17, 15) is 14.4 Å². The quantitative estimate of drug-likeness (QED) is 0.656. The van der Waals surface area contributed by atoms with E-state index in [1.165, 1.54) is 20.8 Å². The predicted molar refractivity (Wildman–Crippen MR) is 104 cm³/mol. The minimum atomic E-state index is -4.73. The van der Waals surface area contributed by atoms with E-state index in [1.54, 1.807) is 5.23 Å². The second-order valence-corrected chi connectivity index (χ2v) is 16.4. The van der Waals surface area contributed by atoms with Crippen LogP contribution in [-0.2, 0) is 29.9 Å². The number of hydrogen-bond donors (Lipinski definition) is 2. The fourth-order valence-corrected chi connectivity index (χ4v) is 10.1. The van der Waals surface area contributed by atoms with Crippen LogP contribution in [0.5, 0.6) is 0 Å². The van der Waals surface area contributed by atoms with E-state index in [0.29, 0.717) is 13.1 Å². The van der Waals surface area contributed by atoms with Crippen LogP contribution in [-0.4, -0.2) is 54.9 Å². The number of rotatable bonds is 4. The second kappa shape index (κ2) is 11.8. The van der Waals surface area contributed by atoms with Crippen LogP contribution in [0.4, 0.5) is 0 Å². The summed E-state index contributed by atoms with van der Waals surface area (Å²) in [6.07, 6.45) is 2.78. The summed E-state index contributed by atoms with van der Waals surface area (Å²) < 4.78 is 1.40. The van der Waals surface area contributed by atoms with Gasteiger partial charge in [0, 0.05) is 0 Å². The molecule has 2 N–H and O–H groups in total. The van der Waals surface area contributed by atoms with E-state index in [1.807, 2.05) is 3.38 Å². The number of nitrogens with zero attached hydrogens (tertiary/aromatic N) is 1. The number of carbonyl (C=O) groups is 3. The van der Waals surface area contributed by atoms with Gasteiger partial charge in [0.2, 0.25) is 0 Å². The normalized spacial score (nSPS) is 19.6. The smallest absolute Gasteiger partial charge is 0.147 e. The fraction of sp³-hybridized carbons (Fsp3) is 0.812.